The van der Waals surface area contributed by atoms with Crippen LogP contribution in [0.4, 0.5) is 17.1 Å². The topological polar surface area (TPSA) is 99.9 Å². The van der Waals surface area contributed by atoms with E-state index in [1.807, 2.05) is 31.2 Å². The van der Waals surface area contributed by atoms with Crippen LogP contribution in [0.15, 0.2) is 47.6 Å². The SMILES string of the molecule is Cc1ccccc1NCC(=O)N/N=C\c1cc([N+](=O)[O-])ccc1N1CCCC1. The number of hydrogen-bond acceptors (Lipinski definition) is 6. The van der Waals surface area contributed by atoms with E-state index in [2.05, 4.69) is 20.7 Å². The number of hydrazone groups is 1. The van der Waals surface area contributed by atoms with Crippen LogP contribution in [0.25, 0.3) is 0 Å². The summed E-state index contributed by atoms with van der Waals surface area (Å²) in [5.41, 5.74) is 5.90. The average Bonchev–Trinajstić information content (AvgIpc) is 3.22. The van der Waals surface area contributed by atoms with E-state index < -0.39 is 4.92 Å². The fourth-order valence-corrected chi connectivity index (χ4v) is 3.16. The van der Waals surface area contributed by atoms with Gasteiger partial charge in [-0.1, -0.05) is 18.2 Å². The predicted octanol–water partition coefficient (Wildman–Crippen LogP) is 3.07. The zero-order valence-corrected chi connectivity index (χ0v) is 15.7. The molecule has 0 aromatic heterocycles. The van der Waals surface area contributed by atoms with Gasteiger partial charge in [-0.15, -0.1) is 0 Å². The van der Waals surface area contributed by atoms with Gasteiger partial charge in [-0.2, -0.15) is 5.10 Å². The first-order valence-electron chi connectivity index (χ1n) is 9.19. The molecule has 1 aliphatic rings. The van der Waals surface area contributed by atoms with E-state index in [-0.39, 0.29) is 18.1 Å². The number of hydrogen-bond donors (Lipinski definition) is 2. The zero-order valence-electron chi connectivity index (χ0n) is 15.7. The number of non-ortho nitro benzene ring substituents is 1. The number of benzene rings is 2. The van der Waals surface area contributed by atoms with Crippen LogP contribution >= 0.6 is 0 Å². The molecule has 0 radical (unpaired) electrons. The van der Waals surface area contributed by atoms with E-state index in [9.17, 15) is 14.9 Å². The number of carbonyl (C=O) groups is 1. The molecule has 1 saturated heterocycles. The molecular formula is C20H23N5O3. The molecule has 8 nitrogen and oxygen atoms in total. The Morgan fingerprint density at radius 2 is 2.00 bits per heavy atom. The maximum absolute atomic E-state index is 12.0. The number of nitro groups is 1. The van der Waals surface area contributed by atoms with Gasteiger partial charge in [0.2, 0.25) is 0 Å². The molecule has 2 aromatic rings. The lowest BCUT2D eigenvalue weighted by molar-refractivity contribution is -0.384. The Morgan fingerprint density at radius 1 is 1.25 bits per heavy atom. The highest BCUT2D eigenvalue weighted by Gasteiger charge is 2.17. The first kappa shape index (κ1) is 19.3. The number of amides is 1. The molecule has 1 heterocycles. The monoisotopic (exact) mass is 381 g/mol. The van der Waals surface area contributed by atoms with Gasteiger partial charge in [-0.25, -0.2) is 5.43 Å². The van der Waals surface area contributed by atoms with Crippen molar-refractivity contribution >= 4 is 29.2 Å². The van der Waals surface area contributed by atoms with Crippen molar-refractivity contribution in [3.63, 3.8) is 0 Å². The van der Waals surface area contributed by atoms with E-state index >= 15 is 0 Å². The number of nitro benzene ring substituents is 1. The van der Waals surface area contributed by atoms with Crippen molar-refractivity contribution in [2.75, 3.05) is 29.9 Å². The lowest BCUT2D eigenvalue weighted by Gasteiger charge is -2.19. The summed E-state index contributed by atoms with van der Waals surface area (Å²) in [5, 5.41) is 18.1. The molecule has 146 valence electrons. The number of aryl methyl sites for hydroxylation is 1. The summed E-state index contributed by atoms with van der Waals surface area (Å²) in [6, 6.07) is 12.4. The van der Waals surface area contributed by atoms with Crippen molar-refractivity contribution in [3.8, 4) is 0 Å². The first-order valence-corrected chi connectivity index (χ1v) is 9.19. The van der Waals surface area contributed by atoms with Crippen molar-refractivity contribution < 1.29 is 9.72 Å². The Balaban J connectivity index is 1.65. The van der Waals surface area contributed by atoms with E-state index in [0.717, 1.165) is 42.9 Å². The van der Waals surface area contributed by atoms with Crippen LogP contribution in [0.2, 0.25) is 0 Å². The van der Waals surface area contributed by atoms with Gasteiger partial charge >= 0.3 is 0 Å². The Morgan fingerprint density at radius 3 is 2.71 bits per heavy atom. The minimum Gasteiger partial charge on any atom is -0.376 e. The molecule has 1 amide bonds. The molecule has 2 N–H and O–H groups in total. The summed E-state index contributed by atoms with van der Waals surface area (Å²) in [6.45, 7) is 3.85. The van der Waals surface area contributed by atoms with Gasteiger partial charge in [0.05, 0.1) is 17.7 Å². The molecule has 3 rings (SSSR count). The number of anilines is 2. The van der Waals surface area contributed by atoms with Crippen molar-refractivity contribution in [3.05, 3.63) is 63.7 Å². The highest BCUT2D eigenvalue weighted by atomic mass is 16.6. The minimum atomic E-state index is -0.435. The van der Waals surface area contributed by atoms with Gasteiger partial charge in [0.15, 0.2) is 0 Å². The summed E-state index contributed by atoms with van der Waals surface area (Å²) in [5.74, 6) is -0.298. The Hall–Kier alpha value is -3.42. The van der Waals surface area contributed by atoms with Crippen LogP contribution in [0.1, 0.15) is 24.0 Å². The summed E-state index contributed by atoms with van der Waals surface area (Å²) in [4.78, 5) is 24.9. The third kappa shape index (κ3) is 4.85. The predicted molar refractivity (Wildman–Crippen MR) is 110 cm³/mol. The molecule has 1 fully saturated rings. The second-order valence-corrected chi connectivity index (χ2v) is 6.66. The van der Waals surface area contributed by atoms with Crippen LogP contribution in [-0.2, 0) is 4.79 Å². The van der Waals surface area contributed by atoms with Gasteiger partial charge in [0.1, 0.15) is 0 Å². The minimum absolute atomic E-state index is 0.00283. The number of carbonyl (C=O) groups excluding carboxylic acids is 1. The summed E-state index contributed by atoms with van der Waals surface area (Å²) in [6.07, 6.45) is 3.65. The highest BCUT2D eigenvalue weighted by Crippen LogP contribution is 2.27. The lowest BCUT2D eigenvalue weighted by atomic mass is 10.1. The van der Waals surface area contributed by atoms with Crippen molar-refractivity contribution in [2.24, 2.45) is 5.10 Å². The summed E-state index contributed by atoms with van der Waals surface area (Å²) >= 11 is 0. The van der Waals surface area contributed by atoms with E-state index in [1.165, 1.54) is 18.3 Å². The van der Waals surface area contributed by atoms with Gasteiger partial charge < -0.3 is 10.2 Å². The fraction of sp³-hybridized carbons (Fsp3) is 0.300. The van der Waals surface area contributed by atoms with Crippen molar-refractivity contribution in [1.29, 1.82) is 0 Å². The Bertz CT molecular complexity index is 891. The fourth-order valence-electron chi connectivity index (χ4n) is 3.16. The molecule has 0 saturated carbocycles. The molecule has 0 unspecified atom stereocenters. The maximum atomic E-state index is 12.0. The number of nitrogens with one attached hydrogen (secondary N) is 2. The smallest absolute Gasteiger partial charge is 0.270 e. The quantitative estimate of drug-likeness (QED) is 0.436. The first-order chi connectivity index (χ1) is 13.5. The van der Waals surface area contributed by atoms with Crippen LogP contribution in [0, 0.1) is 17.0 Å². The van der Waals surface area contributed by atoms with Gasteiger partial charge in [-0.05, 0) is 37.5 Å². The third-order valence-electron chi connectivity index (χ3n) is 4.65. The van der Waals surface area contributed by atoms with Crippen LogP contribution in [0.5, 0.6) is 0 Å². The van der Waals surface area contributed by atoms with Gasteiger partial charge in [0, 0.05) is 42.2 Å². The average molecular weight is 381 g/mol. The standard InChI is InChI=1S/C20H23N5O3/c1-15-6-2-3-7-18(15)21-14-20(26)23-22-13-16-12-17(25(27)28)8-9-19(16)24-10-4-5-11-24/h2-3,6-9,12-13,21H,4-5,10-11,14H2,1H3,(H,23,26)/b22-13-. The third-order valence-corrected chi connectivity index (χ3v) is 4.65. The van der Waals surface area contributed by atoms with Crippen LogP contribution in [-0.4, -0.2) is 36.7 Å². The van der Waals surface area contributed by atoms with Gasteiger partial charge in [0.25, 0.3) is 11.6 Å². The van der Waals surface area contributed by atoms with Crippen LogP contribution < -0.4 is 15.6 Å². The lowest BCUT2D eigenvalue weighted by Crippen LogP contribution is -2.26. The van der Waals surface area contributed by atoms with E-state index in [1.54, 1.807) is 6.07 Å². The molecule has 1 aliphatic heterocycles. The molecular weight excluding hydrogens is 358 g/mol. The zero-order chi connectivity index (χ0) is 19.9. The molecule has 0 atom stereocenters. The van der Waals surface area contributed by atoms with E-state index in [4.69, 9.17) is 0 Å². The molecule has 28 heavy (non-hydrogen) atoms. The second-order valence-electron chi connectivity index (χ2n) is 6.66. The molecule has 0 spiro atoms. The molecule has 0 aliphatic carbocycles. The normalized spacial score (nSPS) is 13.7. The van der Waals surface area contributed by atoms with Crippen molar-refractivity contribution in [2.45, 2.75) is 19.8 Å². The van der Waals surface area contributed by atoms with Gasteiger partial charge in [-0.3, -0.25) is 14.9 Å². The molecule has 0 bridgehead atoms. The number of rotatable bonds is 7. The van der Waals surface area contributed by atoms with Crippen LogP contribution in [0.3, 0.4) is 0 Å². The maximum Gasteiger partial charge on any atom is 0.270 e. The largest absolute Gasteiger partial charge is 0.376 e. The second kappa shape index (κ2) is 8.98. The molecule has 8 heteroatoms. The van der Waals surface area contributed by atoms with E-state index in [0.29, 0.717) is 5.56 Å². The summed E-state index contributed by atoms with van der Waals surface area (Å²) < 4.78 is 0. The molecule has 2 aromatic carbocycles. The number of nitrogens with zero attached hydrogens (tertiary/aromatic N) is 3. The highest BCUT2D eigenvalue weighted by molar-refractivity contribution is 5.90. The van der Waals surface area contributed by atoms with Crippen molar-refractivity contribution in [1.82, 2.24) is 5.43 Å². The Kier molecular flexibility index (Phi) is 6.21. The summed E-state index contributed by atoms with van der Waals surface area (Å²) in [7, 11) is 0. The number of para-hydroxylation sites is 1. The Labute approximate surface area is 163 Å².